The molecule has 10 heteroatoms. The standard InChI is InChI=1S/C16H17N7O2S/c1-11(12-2-4-13(5-3-12)23-9-17-8-19-23)20-14(24)6-7-15(25)21-16-22-18-10-26-16/h2-5,8-11H,6-7H2,1H3,(H,20,24)(H,21,22,25). The zero-order chi connectivity index (χ0) is 18.4. The highest BCUT2D eigenvalue weighted by Gasteiger charge is 2.12. The van der Waals surface area contributed by atoms with Crippen molar-refractivity contribution in [2.45, 2.75) is 25.8 Å². The van der Waals surface area contributed by atoms with Crippen molar-refractivity contribution in [3.63, 3.8) is 0 Å². The molecule has 3 aromatic rings. The van der Waals surface area contributed by atoms with E-state index in [-0.39, 0.29) is 30.7 Å². The molecule has 1 aromatic carbocycles. The van der Waals surface area contributed by atoms with Gasteiger partial charge in [0.2, 0.25) is 16.9 Å². The number of carbonyl (C=O) groups is 2. The average molecular weight is 371 g/mol. The predicted molar refractivity (Wildman–Crippen MR) is 95.7 cm³/mol. The van der Waals surface area contributed by atoms with E-state index >= 15 is 0 Å². The molecule has 0 aliphatic carbocycles. The number of amides is 2. The number of carbonyl (C=O) groups excluding carboxylic acids is 2. The quantitative estimate of drug-likeness (QED) is 0.653. The Bertz CT molecular complexity index is 847. The average Bonchev–Trinajstić information content (AvgIpc) is 3.34. The predicted octanol–water partition coefficient (Wildman–Crippen LogP) is 1.71. The minimum atomic E-state index is -0.262. The van der Waals surface area contributed by atoms with E-state index < -0.39 is 0 Å². The van der Waals surface area contributed by atoms with Gasteiger partial charge in [-0.3, -0.25) is 9.59 Å². The molecule has 0 saturated carbocycles. The second kappa shape index (κ2) is 8.30. The maximum Gasteiger partial charge on any atom is 0.226 e. The van der Waals surface area contributed by atoms with Crippen LogP contribution in [0.15, 0.2) is 42.4 Å². The highest BCUT2D eigenvalue weighted by molar-refractivity contribution is 7.13. The van der Waals surface area contributed by atoms with Crippen LogP contribution in [0, 0.1) is 0 Å². The minimum Gasteiger partial charge on any atom is -0.350 e. The van der Waals surface area contributed by atoms with E-state index in [9.17, 15) is 9.59 Å². The molecule has 0 aliphatic heterocycles. The molecular weight excluding hydrogens is 354 g/mol. The maximum atomic E-state index is 12.0. The summed E-state index contributed by atoms with van der Waals surface area (Å²) in [5.74, 6) is -0.452. The van der Waals surface area contributed by atoms with Crippen LogP contribution < -0.4 is 10.6 Å². The zero-order valence-electron chi connectivity index (χ0n) is 14.0. The first-order chi connectivity index (χ1) is 12.6. The Morgan fingerprint density at radius 3 is 2.62 bits per heavy atom. The van der Waals surface area contributed by atoms with Crippen LogP contribution in [0.3, 0.4) is 0 Å². The monoisotopic (exact) mass is 371 g/mol. The molecule has 134 valence electrons. The third-order valence-electron chi connectivity index (χ3n) is 3.64. The highest BCUT2D eigenvalue weighted by atomic mass is 32.1. The second-order valence-electron chi connectivity index (χ2n) is 5.51. The number of aromatic nitrogens is 5. The lowest BCUT2D eigenvalue weighted by Gasteiger charge is -2.14. The third-order valence-corrected chi connectivity index (χ3v) is 4.25. The molecule has 0 bridgehead atoms. The van der Waals surface area contributed by atoms with Gasteiger partial charge in [-0.25, -0.2) is 9.67 Å². The van der Waals surface area contributed by atoms with Gasteiger partial charge < -0.3 is 10.6 Å². The summed E-state index contributed by atoms with van der Waals surface area (Å²) in [7, 11) is 0. The van der Waals surface area contributed by atoms with Gasteiger partial charge in [-0.2, -0.15) is 5.10 Å². The molecule has 1 unspecified atom stereocenters. The summed E-state index contributed by atoms with van der Waals surface area (Å²) >= 11 is 1.23. The minimum absolute atomic E-state index is 0.0867. The summed E-state index contributed by atoms with van der Waals surface area (Å²) < 4.78 is 1.66. The number of nitrogens with one attached hydrogen (secondary N) is 2. The summed E-state index contributed by atoms with van der Waals surface area (Å²) in [6.07, 6.45) is 3.28. The Kier molecular flexibility index (Phi) is 5.64. The molecule has 9 nitrogen and oxygen atoms in total. The smallest absolute Gasteiger partial charge is 0.226 e. The van der Waals surface area contributed by atoms with Crippen molar-refractivity contribution in [3.8, 4) is 5.69 Å². The summed E-state index contributed by atoms with van der Waals surface area (Å²) in [5, 5.41) is 17.3. The molecule has 1 atom stereocenters. The van der Waals surface area contributed by atoms with Gasteiger partial charge in [0.25, 0.3) is 0 Å². The van der Waals surface area contributed by atoms with E-state index in [4.69, 9.17) is 0 Å². The van der Waals surface area contributed by atoms with E-state index in [1.165, 1.54) is 23.2 Å². The summed E-state index contributed by atoms with van der Waals surface area (Å²) in [4.78, 5) is 27.7. The Morgan fingerprint density at radius 1 is 1.19 bits per heavy atom. The van der Waals surface area contributed by atoms with Crippen LogP contribution >= 0.6 is 11.3 Å². The molecule has 2 amide bonds. The molecule has 0 spiro atoms. The first-order valence-electron chi connectivity index (χ1n) is 7.92. The molecule has 3 rings (SSSR count). The topological polar surface area (TPSA) is 115 Å². The lowest BCUT2D eigenvalue weighted by atomic mass is 10.1. The van der Waals surface area contributed by atoms with Gasteiger partial charge in [-0.15, -0.1) is 10.2 Å². The summed E-state index contributed by atoms with van der Waals surface area (Å²) in [6, 6.07) is 7.48. The van der Waals surface area contributed by atoms with Crippen LogP contribution in [0.5, 0.6) is 0 Å². The van der Waals surface area contributed by atoms with E-state index in [1.807, 2.05) is 31.2 Å². The van der Waals surface area contributed by atoms with Gasteiger partial charge in [0, 0.05) is 12.8 Å². The molecule has 2 aromatic heterocycles. The Labute approximate surface area is 153 Å². The van der Waals surface area contributed by atoms with Crippen LogP contribution in [0.2, 0.25) is 0 Å². The molecule has 2 heterocycles. The molecule has 0 aliphatic rings. The van der Waals surface area contributed by atoms with Crippen LogP contribution in [0.1, 0.15) is 31.4 Å². The van der Waals surface area contributed by atoms with Gasteiger partial charge >= 0.3 is 0 Å². The first-order valence-corrected chi connectivity index (χ1v) is 8.80. The number of benzene rings is 1. The van der Waals surface area contributed by atoms with Gasteiger partial charge in [-0.05, 0) is 24.6 Å². The van der Waals surface area contributed by atoms with Crippen molar-refractivity contribution < 1.29 is 9.59 Å². The van der Waals surface area contributed by atoms with Crippen molar-refractivity contribution in [1.29, 1.82) is 0 Å². The van der Waals surface area contributed by atoms with E-state index in [0.29, 0.717) is 5.13 Å². The second-order valence-corrected chi connectivity index (χ2v) is 6.35. The molecule has 26 heavy (non-hydrogen) atoms. The zero-order valence-corrected chi connectivity index (χ0v) is 14.8. The van der Waals surface area contributed by atoms with Crippen LogP contribution in [-0.2, 0) is 9.59 Å². The summed E-state index contributed by atoms with van der Waals surface area (Å²) in [5.41, 5.74) is 3.37. The van der Waals surface area contributed by atoms with Gasteiger partial charge in [0.1, 0.15) is 18.2 Å². The van der Waals surface area contributed by atoms with Crippen molar-refractivity contribution in [1.82, 2.24) is 30.3 Å². The number of nitrogens with zero attached hydrogens (tertiary/aromatic N) is 5. The summed E-state index contributed by atoms with van der Waals surface area (Å²) in [6.45, 7) is 1.89. The van der Waals surface area contributed by atoms with Crippen molar-refractivity contribution >= 4 is 28.3 Å². The van der Waals surface area contributed by atoms with Crippen molar-refractivity contribution in [2.24, 2.45) is 0 Å². The lowest BCUT2D eigenvalue weighted by molar-refractivity contribution is -0.124. The molecular formula is C16H17N7O2S. The van der Waals surface area contributed by atoms with Crippen LogP contribution in [-0.4, -0.2) is 36.8 Å². The van der Waals surface area contributed by atoms with Gasteiger partial charge in [-0.1, -0.05) is 23.5 Å². The van der Waals surface area contributed by atoms with Crippen molar-refractivity contribution in [3.05, 3.63) is 48.0 Å². The van der Waals surface area contributed by atoms with E-state index in [0.717, 1.165) is 11.3 Å². The Balaban J connectivity index is 1.47. The molecule has 0 fully saturated rings. The normalized spacial score (nSPS) is 11.7. The Hall–Kier alpha value is -3.14. The fourth-order valence-corrected chi connectivity index (χ4v) is 2.75. The fourth-order valence-electron chi connectivity index (χ4n) is 2.29. The Morgan fingerprint density at radius 2 is 1.96 bits per heavy atom. The first kappa shape index (κ1) is 17.7. The maximum absolute atomic E-state index is 12.0. The lowest BCUT2D eigenvalue weighted by Crippen LogP contribution is -2.27. The molecule has 0 radical (unpaired) electrons. The number of anilines is 1. The van der Waals surface area contributed by atoms with Crippen LogP contribution in [0.4, 0.5) is 5.13 Å². The van der Waals surface area contributed by atoms with E-state index in [1.54, 1.807) is 11.0 Å². The van der Waals surface area contributed by atoms with Crippen molar-refractivity contribution in [2.75, 3.05) is 5.32 Å². The van der Waals surface area contributed by atoms with Gasteiger partial charge in [0.05, 0.1) is 11.7 Å². The van der Waals surface area contributed by atoms with E-state index in [2.05, 4.69) is 30.9 Å². The SMILES string of the molecule is CC(NC(=O)CCC(=O)Nc1nncs1)c1ccc(-n2cncn2)cc1. The number of rotatable bonds is 7. The highest BCUT2D eigenvalue weighted by Crippen LogP contribution is 2.15. The molecule has 0 saturated heterocycles. The third kappa shape index (κ3) is 4.70. The van der Waals surface area contributed by atoms with Crippen LogP contribution in [0.25, 0.3) is 5.69 Å². The fraction of sp³-hybridized carbons (Fsp3) is 0.250. The largest absolute Gasteiger partial charge is 0.350 e. The number of hydrogen-bond donors (Lipinski definition) is 2. The van der Waals surface area contributed by atoms with Gasteiger partial charge in [0.15, 0.2) is 0 Å². The number of hydrogen-bond acceptors (Lipinski definition) is 7. The molecule has 2 N–H and O–H groups in total.